The Kier molecular flexibility index (Phi) is 2.19. The van der Waals surface area contributed by atoms with E-state index in [-0.39, 0.29) is 0 Å². The average Bonchev–Trinajstić information content (AvgIpc) is 2.78. The molecule has 22 heavy (non-hydrogen) atoms. The molecule has 0 atom stereocenters. The first-order valence-corrected chi connectivity index (χ1v) is 7.11. The third kappa shape index (κ3) is 1.46. The number of hydroxylamine groups is 1. The molecule has 4 nitrogen and oxygen atoms in total. The van der Waals surface area contributed by atoms with Gasteiger partial charge in [0.05, 0.1) is 22.1 Å². The molecular formula is C18H11N3O. The number of allylic oxidation sites excluding steroid dienone is 1. The predicted octanol–water partition coefficient (Wildman–Crippen LogP) is 2.36. The second-order valence-corrected chi connectivity index (χ2v) is 5.27. The van der Waals surface area contributed by atoms with Gasteiger partial charge in [0.15, 0.2) is 5.75 Å². The highest BCUT2D eigenvalue weighted by molar-refractivity contribution is 6.00. The van der Waals surface area contributed by atoms with Crippen LogP contribution >= 0.6 is 0 Å². The summed E-state index contributed by atoms with van der Waals surface area (Å²) in [5.74, 6) is 0.813. The molecular weight excluding hydrogens is 274 g/mol. The SMILES string of the molecule is C1=CNOc2c3c(ccc2=C1)=Nc1c-3ccc2ncccc12. The minimum atomic E-state index is 0.813. The van der Waals surface area contributed by atoms with Crippen LogP contribution in [0.3, 0.4) is 0 Å². The number of pyridine rings is 1. The van der Waals surface area contributed by atoms with Crippen molar-refractivity contribution in [1.29, 1.82) is 0 Å². The van der Waals surface area contributed by atoms with Gasteiger partial charge in [0, 0.05) is 28.6 Å². The van der Waals surface area contributed by atoms with Gasteiger partial charge in [0.2, 0.25) is 0 Å². The third-order valence-electron chi connectivity index (χ3n) is 4.03. The fraction of sp³-hybridized carbons (Fsp3) is 0. The molecule has 3 aromatic rings. The van der Waals surface area contributed by atoms with Crippen LogP contribution in [0.2, 0.25) is 0 Å². The quantitative estimate of drug-likeness (QED) is 0.539. The molecule has 4 heteroatoms. The Morgan fingerprint density at radius 2 is 2.05 bits per heavy atom. The summed E-state index contributed by atoms with van der Waals surface area (Å²) in [4.78, 5) is 14.9. The number of aromatic nitrogens is 1. The highest BCUT2D eigenvalue weighted by atomic mass is 16.6. The molecule has 0 bridgehead atoms. The summed E-state index contributed by atoms with van der Waals surface area (Å²) in [6, 6.07) is 12.2. The lowest BCUT2D eigenvalue weighted by Gasteiger charge is -2.09. The van der Waals surface area contributed by atoms with Crippen molar-refractivity contribution in [3.63, 3.8) is 0 Å². The van der Waals surface area contributed by atoms with Crippen LogP contribution in [0.4, 0.5) is 5.69 Å². The first-order valence-electron chi connectivity index (χ1n) is 7.11. The van der Waals surface area contributed by atoms with Crippen molar-refractivity contribution in [2.45, 2.75) is 0 Å². The van der Waals surface area contributed by atoms with Crippen molar-refractivity contribution < 1.29 is 4.84 Å². The average molecular weight is 285 g/mol. The topological polar surface area (TPSA) is 46.5 Å². The first kappa shape index (κ1) is 11.5. The van der Waals surface area contributed by atoms with Gasteiger partial charge in [-0.25, -0.2) is 10.5 Å². The summed E-state index contributed by atoms with van der Waals surface area (Å²) in [6.45, 7) is 0. The van der Waals surface area contributed by atoms with Crippen LogP contribution in [0, 0.1) is 0 Å². The van der Waals surface area contributed by atoms with Crippen LogP contribution in [-0.2, 0) is 0 Å². The number of hydrogen-bond donors (Lipinski definition) is 1. The van der Waals surface area contributed by atoms with E-state index < -0.39 is 0 Å². The van der Waals surface area contributed by atoms with Crippen molar-refractivity contribution >= 4 is 22.7 Å². The maximum absolute atomic E-state index is 5.72. The Hall–Kier alpha value is -3.14. The van der Waals surface area contributed by atoms with Gasteiger partial charge >= 0.3 is 0 Å². The molecule has 5 rings (SSSR count). The molecule has 2 aromatic carbocycles. The zero-order valence-corrected chi connectivity index (χ0v) is 11.6. The zero-order chi connectivity index (χ0) is 14.5. The number of nitrogens with one attached hydrogen (secondary N) is 1. The lowest BCUT2D eigenvalue weighted by Crippen LogP contribution is -2.19. The minimum Gasteiger partial charge on any atom is -0.381 e. The van der Waals surface area contributed by atoms with E-state index in [4.69, 9.17) is 9.83 Å². The number of fused-ring (bicyclic) bond motifs is 7. The summed E-state index contributed by atoms with van der Waals surface area (Å²) in [6.07, 6.45) is 7.52. The monoisotopic (exact) mass is 285 g/mol. The Bertz CT molecular complexity index is 1080. The summed E-state index contributed by atoms with van der Waals surface area (Å²) in [5, 5.41) is 3.03. The minimum absolute atomic E-state index is 0.813. The number of hydrogen-bond acceptors (Lipinski definition) is 4. The Labute approximate surface area is 126 Å². The highest BCUT2D eigenvalue weighted by Gasteiger charge is 2.22. The zero-order valence-electron chi connectivity index (χ0n) is 11.6. The van der Waals surface area contributed by atoms with E-state index in [2.05, 4.69) is 22.6 Å². The fourth-order valence-electron chi connectivity index (χ4n) is 3.05. The summed E-state index contributed by atoms with van der Waals surface area (Å²) < 4.78 is 0. The fourth-order valence-corrected chi connectivity index (χ4v) is 3.05. The van der Waals surface area contributed by atoms with E-state index >= 15 is 0 Å². The van der Waals surface area contributed by atoms with Crippen molar-refractivity contribution in [1.82, 2.24) is 10.5 Å². The highest BCUT2D eigenvalue weighted by Crippen LogP contribution is 2.40. The van der Waals surface area contributed by atoms with E-state index in [0.29, 0.717) is 0 Å². The van der Waals surface area contributed by atoms with E-state index in [1.807, 2.05) is 36.4 Å². The Morgan fingerprint density at radius 1 is 1.05 bits per heavy atom. The van der Waals surface area contributed by atoms with Gasteiger partial charge in [0.25, 0.3) is 0 Å². The van der Waals surface area contributed by atoms with Crippen molar-refractivity contribution in [2.24, 2.45) is 4.99 Å². The lowest BCUT2D eigenvalue weighted by molar-refractivity contribution is 0.243. The molecule has 0 fully saturated rings. The smallest absolute Gasteiger partial charge is 0.172 e. The van der Waals surface area contributed by atoms with Gasteiger partial charge in [-0.3, -0.25) is 4.98 Å². The van der Waals surface area contributed by atoms with Crippen molar-refractivity contribution in [2.75, 3.05) is 0 Å². The molecule has 1 aromatic heterocycles. The molecule has 0 radical (unpaired) electrons. The second-order valence-electron chi connectivity index (χ2n) is 5.27. The van der Waals surface area contributed by atoms with E-state index in [1.54, 1.807) is 12.4 Å². The van der Waals surface area contributed by atoms with Gasteiger partial charge in [-0.05, 0) is 48.6 Å². The summed E-state index contributed by atoms with van der Waals surface area (Å²) in [7, 11) is 0. The predicted molar refractivity (Wildman–Crippen MR) is 85.0 cm³/mol. The molecule has 3 heterocycles. The van der Waals surface area contributed by atoms with Crippen LogP contribution in [0.5, 0.6) is 5.75 Å². The molecule has 0 aliphatic carbocycles. The molecule has 0 spiro atoms. The van der Waals surface area contributed by atoms with Crippen LogP contribution in [0.1, 0.15) is 0 Å². The van der Waals surface area contributed by atoms with Gasteiger partial charge in [0.1, 0.15) is 0 Å². The molecule has 0 saturated heterocycles. The van der Waals surface area contributed by atoms with Crippen LogP contribution in [-0.4, -0.2) is 4.98 Å². The lowest BCUT2D eigenvalue weighted by atomic mass is 10.0. The largest absolute Gasteiger partial charge is 0.381 e. The molecule has 104 valence electrons. The van der Waals surface area contributed by atoms with E-state index in [9.17, 15) is 0 Å². The van der Waals surface area contributed by atoms with Gasteiger partial charge in [-0.1, -0.05) is 0 Å². The number of nitrogens with zero attached hydrogens (tertiary/aromatic N) is 2. The summed E-state index contributed by atoms with van der Waals surface area (Å²) in [5.41, 5.74) is 6.88. The van der Waals surface area contributed by atoms with Crippen LogP contribution in [0.15, 0.2) is 59.9 Å². The maximum Gasteiger partial charge on any atom is 0.172 e. The van der Waals surface area contributed by atoms with Gasteiger partial charge in [-0.2, -0.15) is 0 Å². The van der Waals surface area contributed by atoms with Crippen LogP contribution in [0.25, 0.3) is 28.1 Å². The molecule has 2 aliphatic rings. The molecule has 0 amide bonds. The van der Waals surface area contributed by atoms with Gasteiger partial charge < -0.3 is 4.84 Å². The second kappa shape index (κ2) is 4.18. The molecule has 2 aliphatic heterocycles. The molecule has 0 saturated carbocycles. The third-order valence-corrected chi connectivity index (χ3v) is 4.03. The van der Waals surface area contributed by atoms with Crippen LogP contribution < -0.4 is 20.9 Å². The Balaban J connectivity index is 1.91. The summed E-state index contributed by atoms with van der Waals surface area (Å²) >= 11 is 0. The van der Waals surface area contributed by atoms with Gasteiger partial charge in [-0.15, -0.1) is 0 Å². The first-order chi connectivity index (χ1) is 10.9. The Morgan fingerprint density at radius 3 is 3.05 bits per heavy atom. The van der Waals surface area contributed by atoms with E-state index in [0.717, 1.165) is 44.0 Å². The van der Waals surface area contributed by atoms with E-state index in [1.165, 1.54) is 0 Å². The number of rotatable bonds is 0. The maximum atomic E-state index is 5.72. The number of benzene rings is 2. The van der Waals surface area contributed by atoms with Crippen molar-refractivity contribution in [3.05, 3.63) is 65.4 Å². The van der Waals surface area contributed by atoms with Crippen molar-refractivity contribution in [3.8, 4) is 16.9 Å². The molecule has 1 N–H and O–H groups in total. The normalized spacial score (nSPS) is 13.8. The standard InChI is InChI=1S/C18H11N3O/c1-3-11-5-7-15-16(18(11)22-20-10-1)13-6-8-14-12(17(13)21-15)4-2-9-19-14/h1-10,20H. The molecule has 0 unspecified atom stereocenters.